The molecule has 14 unspecified atom stereocenters. The lowest BCUT2D eigenvalue weighted by Gasteiger charge is -2.26. The molecule has 6 aromatic rings. The summed E-state index contributed by atoms with van der Waals surface area (Å²) in [5, 5.41) is 42.7. The average Bonchev–Trinajstić information content (AvgIpc) is 4.15. The summed E-state index contributed by atoms with van der Waals surface area (Å²) < 4.78 is 76.5. The van der Waals surface area contributed by atoms with Crippen molar-refractivity contribution in [3.05, 3.63) is 38.0 Å². The molecule has 0 spiro atoms. The molecular weight excluding hydrogens is 940 g/mol. The summed E-state index contributed by atoms with van der Waals surface area (Å²) in [5.74, 6) is -1.16. The van der Waals surface area contributed by atoms with E-state index in [0.717, 1.165) is 25.3 Å². The highest BCUT2D eigenvalue weighted by molar-refractivity contribution is 7.47. The van der Waals surface area contributed by atoms with Crippen molar-refractivity contribution in [1.82, 2.24) is 58.6 Å². The Morgan fingerprint density at radius 3 is 1.51 bits per heavy atom. The number of rotatable bonds is 17. The van der Waals surface area contributed by atoms with Gasteiger partial charge in [-0.2, -0.15) is 0 Å². The number of hydrogen-bond donors (Lipinski definition) is 9. The van der Waals surface area contributed by atoms with Crippen molar-refractivity contribution in [3.63, 3.8) is 0 Å². The van der Waals surface area contributed by atoms with Crippen LogP contribution in [0.3, 0.4) is 0 Å². The van der Waals surface area contributed by atoms with E-state index in [1.165, 1.54) is 33.5 Å². The van der Waals surface area contributed by atoms with E-state index in [2.05, 4.69) is 44.9 Å². The Bertz CT molecular complexity index is 2890. The van der Waals surface area contributed by atoms with Crippen molar-refractivity contribution in [2.24, 2.45) is 0 Å². The highest BCUT2D eigenvalue weighted by Crippen LogP contribution is 2.53. The normalized spacial score (nSPS) is 30.7. The Kier molecular flexibility index (Phi) is 12.6. The summed E-state index contributed by atoms with van der Waals surface area (Å²) in [6.07, 6.45) is -11.5. The fraction of sp³-hybridized carbons (Fsp3) is 0.515. The molecule has 6 aromatic heterocycles. The van der Waals surface area contributed by atoms with E-state index in [1.54, 1.807) is 0 Å². The van der Waals surface area contributed by atoms with E-state index in [9.17, 15) is 44.1 Å². The number of methoxy groups -OCH3 is 1. The van der Waals surface area contributed by atoms with Crippen LogP contribution in [0.2, 0.25) is 0 Å². The van der Waals surface area contributed by atoms with Gasteiger partial charge in [0.2, 0.25) is 0 Å². The van der Waals surface area contributed by atoms with E-state index < -0.39 is 108 Å². The Morgan fingerprint density at radius 2 is 1.03 bits per heavy atom. The molecule has 67 heavy (non-hydrogen) atoms. The predicted octanol–water partition coefficient (Wildman–Crippen LogP) is -2.09. The molecule has 0 aliphatic carbocycles. The Hall–Kier alpha value is -5.54. The molecule has 0 amide bonds. The highest BCUT2D eigenvalue weighted by Gasteiger charge is 2.53. The monoisotopic (exact) mass is 981 g/mol. The third-order valence-electron chi connectivity index (χ3n) is 11.1. The summed E-state index contributed by atoms with van der Waals surface area (Å²) >= 11 is 0. The molecule has 0 bridgehead atoms. The minimum absolute atomic E-state index is 0.0125. The zero-order chi connectivity index (χ0) is 47.5. The molecule has 9 heterocycles. The summed E-state index contributed by atoms with van der Waals surface area (Å²) in [4.78, 5) is 70.3. The molecule has 3 aliphatic rings. The number of anilines is 3. The summed E-state index contributed by atoms with van der Waals surface area (Å²) in [5.41, 5.74) is 18.5. The van der Waals surface area contributed by atoms with Crippen molar-refractivity contribution < 1.29 is 81.2 Å². The number of nitrogens with zero attached hydrogens (tertiary/aromatic N) is 12. The van der Waals surface area contributed by atoms with Crippen LogP contribution in [-0.2, 0) is 51.0 Å². The van der Waals surface area contributed by atoms with Crippen LogP contribution in [0, 0.1) is 0 Å². The number of phosphoric ester groups is 2. The standard InChI is InChI=1S/C33H41N15O17P2/c1-58-22-12(2-3-15(49)50)61-33(48-11-45-18-27(36)39-8-42-30(18)48)24(22)65-67(56,57)60-5-14-20(52)23(32(63-14)47-10-44-17-26(35)38-7-41-29(17)47)64-66(54,55)59-4-13-19(51)21(53)31(62-13)46-9-43-16-25(34)37-6-40-28(16)46/h6-14,19-24,31-33,51-53H,2-5H2,1H3,(H,49,50)(H,54,55)(H,56,57)(H2,34,37,40)(H2,35,38,41)(H2,36,39,42). The van der Waals surface area contributed by atoms with Gasteiger partial charge in [-0.3, -0.25) is 36.6 Å². The molecule has 0 radical (unpaired) electrons. The first kappa shape index (κ1) is 46.6. The fourth-order valence-corrected chi connectivity index (χ4v) is 9.85. The highest BCUT2D eigenvalue weighted by atomic mass is 31.2. The van der Waals surface area contributed by atoms with Crippen LogP contribution in [0.4, 0.5) is 17.5 Å². The number of aliphatic hydroxyl groups excluding tert-OH is 3. The molecule has 34 heteroatoms. The number of aliphatic hydroxyl groups is 3. The van der Waals surface area contributed by atoms with Gasteiger partial charge in [-0.1, -0.05) is 0 Å². The second-order valence-corrected chi connectivity index (χ2v) is 18.0. The maximum Gasteiger partial charge on any atom is 0.472 e. The van der Waals surface area contributed by atoms with Crippen LogP contribution in [0.15, 0.2) is 38.0 Å². The van der Waals surface area contributed by atoms with E-state index in [0.29, 0.717) is 0 Å². The summed E-state index contributed by atoms with van der Waals surface area (Å²) in [6.45, 7) is -1.79. The number of aromatic nitrogens is 12. The lowest BCUT2D eigenvalue weighted by atomic mass is 10.1. The predicted molar refractivity (Wildman–Crippen MR) is 218 cm³/mol. The maximum atomic E-state index is 13.8. The zero-order valence-electron chi connectivity index (χ0n) is 34.4. The van der Waals surface area contributed by atoms with Crippen LogP contribution < -0.4 is 17.2 Å². The molecule has 0 saturated carbocycles. The van der Waals surface area contributed by atoms with Crippen molar-refractivity contribution in [1.29, 1.82) is 0 Å². The SMILES string of the molecule is COC1C(CCC(=O)O)OC(n2cnc3c(N)ncnc32)C1OP(=O)(O)OCC1OC(n2cnc3c(N)ncnc32)C(OP(=O)(O)OCC2OC(n3cnc4c(N)ncnc43)C(O)C2O)C1O. The number of carbonyl (C=O) groups is 1. The number of nitrogens with two attached hydrogens (primary N) is 3. The van der Waals surface area contributed by atoms with Crippen LogP contribution in [0.25, 0.3) is 33.5 Å². The first-order valence-electron chi connectivity index (χ1n) is 19.8. The van der Waals surface area contributed by atoms with Gasteiger partial charge in [0.05, 0.1) is 38.3 Å². The van der Waals surface area contributed by atoms with E-state index in [1.807, 2.05) is 0 Å². The van der Waals surface area contributed by atoms with Gasteiger partial charge in [-0.15, -0.1) is 0 Å². The number of imidazole rings is 3. The van der Waals surface area contributed by atoms with Crippen molar-refractivity contribution in [3.8, 4) is 0 Å². The zero-order valence-corrected chi connectivity index (χ0v) is 36.2. The molecule has 0 aromatic carbocycles. The molecule has 9 rings (SSSR count). The van der Waals surface area contributed by atoms with Crippen molar-refractivity contribution in [2.75, 3.05) is 37.5 Å². The molecular formula is C33H41N15O17P2. The number of hydrogen-bond acceptors (Lipinski definition) is 26. The molecule has 360 valence electrons. The second-order valence-electron chi connectivity index (χ2n) is 15.2. The van der Waals surface area contributed by atoms with Gasteiger partial charge in [0, 0.05) is 13.5 Å². The topological polar surface area (TPSA) is 455 Å². The summed E-state index contributed by atoms with van der Waals surface area (Å²) in [6, 6.07) is 0. The molecule has 3 saturated heterocycles. The fourth-order valence-electron chi connectivity index (χ4n) is 7.99. The number of phosphoric acid groups is 2. The van der Waals surface area contributed by atoms with Crippen molar-refractivity contribution in [2.45, 2.75) is 86.5 Å². The van der Waals surface area contributed by atoms with E-state index in [-0.39, 0.29) is 63.8 Å². The molecule has 32 nitrogen and oxygen atoms in total. The Labute approximate surface area is 373 Å². The Balaban J connectivity index is 0.924. The van der Waals surface area contributed by atoms with Gasteiger partial charge in [-0.25, -0.2) is 54.0 Å². The third kappa shape index (κ3) is 8.89. The van der Waals surface area contributed by atoms with Crippen LogP contribution in [-0.4, -0.2) is 170 Å². The lowest BCUT2D eigenvalue weighted by Crippen LogP contribution is -2.37. The van der Waals surface area contributed by atoms with Gasteiger partial charge < -0.3 is 66.4 Å². The largest absolute Gasteiger partial charge is 0.481 e. The summed E-state index contributed by atoms with van der Waals surface area (Å²) in [7, 11) is -9.33. The average molecular weight is 982 g/mol. The van der Waals surface area contributed by atoms with Gasteiger partial charge >= 0.3 is 21.6 Å². The number of nitrogen functional groups attached to an aromatic ring is 3. The second kappa shape index (κ2) is 18.2. The number of carboxylic acids is 1. The van der Waals surface area contributed by atoms with E-state index >= 15 is 0 Å². The van der Waals surface area contributed by atoms with Crippen LogP contribution in [0.1, 0.15) is 31.5 Å². The van der Waals surface area contributed by atoms with Crippen LogP contribution in [0.5, 0.6) is 0 Å². The molecule has 3 aliphatic heterocycles. The molecule has 3 fully saturated rings. The quantitative estimate of drug-likeness (QED) is 0.0443. The molecule has 12 N–H and O–H groups in total. The minimum Gasteiger partial charge on any atom is -0.481 e. The Morgan fingerprint density at radius 1 is 0.612 bits per heavy atom. The first-order valence-corrected chi connectivity index (χ1v) is 22.8. The number of carboxylic acid groups (broad SMARTS) is 1. The first-order chi connectivity index (χ1) is 31.9. The number of fused-ring (bicyclic) bond motifs is 3. The van der Waals surface area contributed by atoms with Gasteiger partial charge in [0.1, 0.15) is 84.4 Å². The third-order valence-corrected chi connectivity index (χ3v) is 13.1. The number of ether oxygens (including phenoxy) is 4. The molecule has 14 atom stereocenters. The number of aliphatic carboxylic acids is 1. The van der Waals surface area contributed by atoms with Gasteiger partial charge in [0.25, 0.3) is 0 Å². The van der Waals surface area contributed by atoms with E-state index in [4.69, 9.17) is 54.2 Å². The van der Waals surface area contributed by atoms with Crippen LogP contribution >= 0.6 is 15.6 Å². The minimum atomic E-state index is -5.31. The maximum absolute atomic E-state index is 13.8. The van der Waals surface area contributed by atoms with Crippen molar-refractivity contribution >= 4 is 72.6 Å². The smallest absolute Gasteiger partial charge is 0.472 e. The lowest BCUT2D eigenvalue weighted by molar-refractivity contribution is -0.138. The van der Waals surface area contributed by atoms with Gasteiger partial charge in [-0.05, 0) is 6.42 Å². The van der Waals surface area contributed by atoms with Gasteiger partial charge in [0.15, 0.2) is 53.1 Å².